The third-order valence-electron chi connectivity index (χ3n) is 6.31. The average Bonchev–Trinajstić information content (AvgIpc) is 3.20. The van der Waals surface area contributed by atoms with Gasteiger partial charge in [0.2, 0.25) is 0 Å². The number of fused-ring (bicyclic) bond motifs is 3. The number of nitrogens with zero attached hydrogens (tertiary/aromatic N) is 4. The summed E-state index contributed by atoms with van der Waals surface area (Å²) in [6.45, 7) is 1.77. The second-order valence-electron chi connectivity index (χ2n) is 8.38. The molecular weight excluding hydrogens is 476 g/mol. The lowest BCUT2D eigenvalue weighted by Gasteiger charge is -2.09. The van der Waals surface area contributed by atoms with E-state index in [1.165, 1.54) is 12.1 Å². The number of non-ortho nitro benzene ring substituents is 1. The number of nitro benzene ring substituents is 3. The fraction of sp³-hybridized carbons (Fsp3) is 0.0741. The summed E-state index contributed by atoms with van der Waals surface area (Å²) in [7, 11) is 0. The van der Waals surface area contributed by atoms with E-state index in [1.807, 2.05) is 42.5 Å². The zero-order valence-electron chi connectivity index (χ0n) is 19.5. The molecule has 37 heavy (non-hydrogen) atoms. The molecule has 0 spiro atoms. The summed E-state index contributed by atoms with van der Waals surface area (Å²) in [6.07, 6.45) is 0.343. The van der Waals surface area contributed by atoms with E-state index in [0.717, 1.165) is 17.2 Å². The van der Waals surface area contributed by atoms with Crippen molar-refractivity contribution in [1.29, 1.82) is 0 Å². The molecule has 0 N–H and O–H groups in total. The quantitative estimate of drug-likeness (QED) is 0.188. The van der Waals surface area contributed by atoms with E-state index in [9.17, 15) is 30.3 Å². The molecule has 4 aromatic carbocycles. The molecule has 0 amide bonds. The second-order valence-corrected chi connectivity index (χ2v) is 8.38. The van der Waals surface area contributed by atoms with Crippen LogP contribution in [0.25, 0.3) is 22.3 Å². The summed E-state index contributed by atoms with van der Waals surface area (Å²) in [4.78, 5) is 38.4. The molecule has 0 radical (unpaired) electrons. The Morgan fingerprint density at radius 3 is 2.00 bits per heavy atom. The van der Waals surface area contributed by atoms with Crippen LogP contribution in [0, 0.1) is 30.3 Å². The highest BCUT2D eigenvalue weighted by atomic mass is 16.6. The van der Waals surface area contributed by atoms with Crippen molar-refractivity contribution in [1.82, 2.24) is 0 Å². The van der Waals surface area contributed by atoms with Crippen LogP contribution < -0.4 is 0 Å². The van der Waals surface area contributed by atoms with Crippen LogP contribution in [-0.2, 0) is 6.42 Å². The van der Waals surface area contributed by atoms with Crippen molar-refractivity contribution in [3.63, 3.8) is 0 Å². The van der Waals surface area contributed by atoms with Gasteiger partial charge in [-0.1, -0.05) is 55.5 Å². The number of hydrogen-bond donors (Lipinski definition) is 0. The summed E-state index contributed by atoms with van der Waals surface area (Å²) in [6, 6.07) is 21.9. The van der Waals surface area contributed by atoms with E-state index in [2.05, 4.69) is 0 Å². The van der Waals surface area contributed by atoms with Gasteiger partial charge in [0.25, 0.3) is 17.1 Å². The molecule has 0 saturated heterocycles. The number of hydrogen-bond acceptors (Lipinski definition) is 7. The van der Waals surface area contributed by atoms with Gasteiger partial charge in [-0.2, -0.15) is 0 Å². The van der Waals surface area contributed by atoms with Crippen LogP contribution in [0.3, 0.4) is 0 Å². The van der Waals surface area contributed by atoms with Crippen molar-refractivity contribution in [2.75, 3.05) is 0 Å². The Balaban J connectivity index is 1.87. The lowest BCUT2D eigenvalue weighted by Crippen LogP contribution is -2.02. The molecule has 0 heterocycles. The van der Waals surface area contributed by atoms with E-state index in [-0.39, 0.29) is 28.1 Å². The van der Waals surface area contributed by atoms with E-state index in [4.69, 9.17) is 4.99 Å². The molecule has 1 aliphatic carbocycles. The first kappa shape index (κ1) is 23.5. The Labute approximate surface area is 210 Å². The predicted molar refractivity (Wildman–Crippen MR) is 138 cm³/mol. The van der Waals surface area contributed by atoms with Crippen molar-refractivity contribution in [3.8, 4) is 22.3 Å². The SMILES string of the molecule is CCc1cc2c(cc1[N+](=O)[O-])-c1c(cc([N+](=O)[O-])cc1[N+](=O)[O-])C2=Nc1ccccc1-c1ccccc1. The highest BCUT2D eigenvalue weighted by molar-refractivity contribution is 6.27. The van der Waals surface area contributed by atoms with Gasteiger partial charge in [0.15, 0.2) is 0 Å². The van der Waals surface area contributed by atoms with Crippen LogP contribution in [0.5, 0.6) is 0 Å². The fourth-order valence-corrected chi connectivity index (χ4v) is 4.64. The average molecular weight is 494 g/mol. The molecule has 0 unspecified atom stereocenters. The molecule has 0 saturated carbocycles. The minimum Gasteiger partial charge on any atom is -0.258 e. The first-order valence-corrected chi connectivity index (χ1v) is 11.3. The number of benzene rings is 4. The molecule has 0 aliphatic heterocycles. The van der Waals surface area contributed by atoms with Crippen LogP contribution in [-0.4, -0.2) is 20.5 Å². The third-order valence-corrected chi connectivity index (χ3v) is 6.31. The molecule has 1 aliphatic rings. The smallest absolute Gasteiger partial charge is 0.258 e. The van der Waals surface area contributed by atoms with Crippen LogP contribution in [0.4, 0.5) is 22.7 Å². The van der Waals surface area contributed by atoms with Crippen LogP contribution >= 0.6 is 0 Å². The second kappa shape index (κ2) is 9.08. The standard InChI is InChI=1S/C27H18N4O6/c1-2-16-12-21-20(15-24(16)30(34)35)26-22(13-18(29(32)33)14-25(26)31(36)37)27(21)28-23-11-7-6-10-19(23)17-8-4-3-5-9-17/h3-15H,2H2,1H3. The number of aryl methyl sites for hydroxylation is 1. The zero-order valence-corrected chi connectivity index (χ0v) is 19.5. The van der Waals surface area contributed by atoms with Gasteiger partial charge in [-0.15, -0.1) is 0 Å². The summed E-state index contributed by atoms with van der Waals surface area (Å²) in [5, 5.41) is 35.4. The van der Waals surface area contributed by atoms with E-state index in [0.29, 0.717) is 23.2 Å². The monoisotopic (exact) mass is 494 g/mol. The van der Waals surface area contributed by atoms with Gasteiger partial charge >= 0.3 is 0 Å². The fourth-order valence-electron chi connectivity index (χ4n) is 4.64. The molecule has 0 aromatic heterocycles. The predicted octanol–water partition coefficient (Wildman–Crippen LogP) is 6.79. The number of para-hydroxylation sites is 1. The molecule has 10 nitrogen and oxygen atoms in total. The maximum absolute atomic E-state index is 12.0. The third kappa shape index (κ3) is 4.00. The van der Waals surface area contributed by atoms with Crippen molar-refractivity contribution in [2.45, 2.75) is 13.3 Å². The lowest BCUT2D eigenvalue weighted by atomic mass is 9.99. The number of aliphatic imine (C=N–C) groups is 1. The lowest BCUT2D eigenvalue weighted by molar-refractivity contribution is -0.393. The van der Waals surface area contributed by atoms with Gasteiger partial charge in [-0.25, -0.2) is 4.99 Å². The van der Waals surface area contributed by atoms with Gasteiger partial charge in [0.1, 0.15) is 0 Å². The van der Waals surface area contributed by atoms with Crippen molar-refractivity contribution >= 4 is 28.5 Å². The topological polar surface area (TPSA) is 142 Å². The summed E-state index contributed by atoms with van der Waals surface area (Å²) in [5.74, 6) is 0. The minimum atomic E-state index is -0.712. The maximum atomic E-state index is 12.0. The van der Waals surface area contributed by atoms with Crippen molar-refractivity contribution in [3.05, 3.63) is 126 Å². The Morgan fingerprint density at radius 1 is 0.676 bits per heavy atom. The Bertz CT molecular complexity index is 1650. The molecule has 182 valence electrons. The van der Waals surface area contributed by atoms with Crippen LogP contribution in [0.1, 0.15) is 23.6 Å². The highest BCUT2D eigenvalue weighted by Crippen LogP contribution is 2.48. The summed E-state index contributed by atoms with van der Waals surface area (Å²) >= 11 is 0. The normalized spacial score (nSPS) is 12.7. The maximum Gasteiger partial charge on any atom is 0.284 e. The summed E-state index contributed by atoms with van der Waals surface area (Å²) in [5.41, 5.74) is 2.75. The highest BCUT2D eigenvalue weighted by Gasteiger charge is 2.37. The van der Waals surface area contributed by atoms with Crippen molar-refractivity contribution in [2.24, 2.45) is 4.99 Å². The van der Waals surface area contributed by atoms with E-state index >= 15 is 0 Å². The first-order valence-electron chi connectivity index (χ1n) is 11.3. The zero-order chi connectivity index (χ0) is 26.3. The molecule has 0 atom stereocenters. The van der Waals surface area contributed by atoms with Gasteiger partial charge < -0.3 is 0 Å². The molecule has 4 aromatic rings. The molecule has 0 fully saturated rings. The Morgan fingerprint density at radius 2 is 1.35 bits per heavy atom. The van der Waals surface area contributed by atoms with Gasteiger partial charge in [-0.05, 0) is 24.1 Å². The van der Waals surface area contributed by atoms with Gasteiger partial charge in [0.05, 0.1) is 37.8 Å². The molecule has 0 bridgehead atoms. The molecular formula is C27H18N4O6. The Hall–Kier alpha value is -5.25. The van der Waals surface area contributed by atoms with Crippen LogP contribution in [0.15, 0.2) is 83.9 Å². The summed E-state index contributed by atoms with van der Waals surface area (Å²) < 4.78 is 0. The largest absolute Gasteiger partial charge is 0.284 e. The molecule has 10 heteroatoms. The van der Waals surface area contributed by atoms with Gasteiger partial charge in [-0.3, -0.25) is 30.3 Å². The molecule has 5 rings (SSSR count). The van der Waals surface area contributed by atoms with Crippen molar-refractivity contribution < 1.29 is 14.8 Å². The Kier molecular flexibility index (Phi) is 5.76. The number of rotatable bonds is 6. The van der Waals surface area contributed by atoms with E-state index in [1.54, 1.807) is 25.1 Å². The van der Waals surface area contributed by atoms with E-state index < -0.39 is 26.1 Å². The first-order chi connectivity index (χ1) is 17.8. The van der Waals surface area contributed by atoms with Gasteiger partial charge in [0, 0.05) is 39.9 Å². The minimum absolute atomic E-state index is 0.0762. The van der Waals surface area contributed by atoms with Crippen LogP contribution in [0.2, 0.25) is 0 Å². The number of nitro groups is 3.